The molecule has 1 aliphatic heterocycles. The fraction of sp³-hybridized carbons (Fsp3) is 0.357. The van der Waals surface area contributed by atoms with Crippen molar-refractivity contribution in [1.29, 1.82) is 0 Å². The zero-order valence-electron chi connectivity index (χ0n) is 10.5. The van der Waals surface area contributed by atoms with Crippen LogP contribution >= 0.6 is 0 Å². The highest BCUT2D eigenvalue weighted by Gasteiger charge is 2.30. The van der Waals surface area contributed by atoms with Crippen molar-refractivity contribution < 1.29 is 19.2 Å². The van der Waals surface area contributed by atoms with Gasteiger partial charge in [0.2, 0.25) is 0 Å². The molecule has 1 aliphatic carbocycles. The van der Waals surface area contributed by atoms with Gasteiger partial charge in [0.1, 0.15) is 0 Å². The third-order valence-corrected chi connectivity index (χ3v) is 3.00. The lowest BCUT2D eigenvalue weighted by Crippen LogP contribution is -2.28. The van der Waals surface area contributed by atoms with E-state index in [4.69, 9.17) is 0 Å². The largest absolute Gasteiger partial charge is 0.334 e. The lowest BCUT2D eigenvalue weighted by Gasteiger charge is -2.06. The topological polar surface area (TPSA) is 63.7 Å². The Morgan fingerprint density at radius 3 is 2.11 bits per heavy atom. The molecular formula is C14H15NO4. The van der Waals surface area contributed by atoms with E-state index in [-0.39, 0.29) is 19.3 Å². The molecule has 1 aromatic carbocycles. The summed E-state index contributed by atoms with van der Waals surface area (Å²) in [6.07, 6.45) is 3.08. The van der Waals surface area contributed by atoms with Crippen LogP contribution in [0.4, 0.5) is 0 Å². The molecule has 19 heavy (non-hydrogen) atoms. The Morgan fingerprint density at radius 1 is 1.05 bits per heavy atom. The number of hydrogen-bond donors (Lipinski definition) is 0. The van der Waals surface area contributed by atoms with Gasteiger partial charge in [0.05, 0.1) is 0 Å². The highest BCUT2D eigenvalue weighted by molar-refractivity contribution is 6.01. The summed E-state index contributed by atoms with van der Waals surface area (Å²) in [4.78, 5) is 35.0. The lowest BCUT2D eigenvalue weighted by atomic mass is 10.1. The van der Waals surface area contributed by atoms with Crippen molar-refractivity contribution in [3.63, 3.8) is 0 Å². The number of imide groups is 1. The summed E-state index contributed by atoms with van der Waals surface area (Å²) in [5.41, 5.74) is 1.53. The molecule has 0 N–H and O–H groups in total. The zero-order valence-corrected chi connectivity index (χ0v) is 10.5. The normalized spacial score (nSPS) is 17.8. The molecule has 2 amide bonds. The van der Waals surface area contributed by atoms with Crippen molar-refractivity contribution in [1.82, 2.24) is 5.06 Å². The Hall–Kier alpha value is -2.17. The Bertz CT molecular complexity index is 452. The fourth-order valence-electron chi connectivity index (χ4n) is 1.86. The summed E-state index contributed by atoms with van der Waals surface area (Å²) in [7, 11) is 0. The van der Waals surface area contributed by atoms with Gasteiger partial charge in [0.15, 0.2) is 0 Å². The van der Waals surface area contributed by atoms with Crippen LogP contribution in [0.3, 0.4) is 0 Å². The monoisotopic (exact) mass is 261 g/mol. The molecule has 1 heterocycles. The van der Waals surface area contributed by atoms with Gasteiger partial charge in [-0.1, -0.05) is 30.3 Å². The van der Waals surface area contributed by atoms with E-state index in [0.717, 1.165) is 5.92 Å². The van der Waals surface area contributed by atoms with Gasteiger partial charge < -0.3 is 4.84 Å². The predicted octanol–water partition coefficient (Wildman–Crippen LogP) is 1.79. The second-order valence-corrected chi connectivity index (χ2v) is 4.47. The summed E-state index contributed by atoms with van der Waals surface area (Å²) in [5, 5.41) is 0.479. The van der Waals surface area contributed by atoms with E-state index in [1.807, 2.05) is 0 Å². The first-order valence-electron chi connectivity index (χ1n) is 6.23. The molecule has 1 saturated carbocycles. The molecule has 5 heteroatoms. The summed E-state index contributed by atoms with van der Waals surface area (Å²) in [6.45, 7) is 0.0567. The van der Waals surface area contributed by atoms with Crippen LogP contribution in [0, 0.1) is 0 Å². The fourth-order valence-corrected chi connectivity index (χ4v) is 1.86. The molecule has 2 fully saturated rings. The Labute approximate surface area is 111 Å². The van der Waals surface area contributed by atoms with E-state index in [2.05, 4.69) is 35.2 Å². The minimum Gasteiger partial charge on any atom is -0.334 e. The minimum atomic E-state index is -0.461. The second kappa shape index (κ2) is 6.13. The summed E-state index contributed by atoms with van der Waals surface area (Å²) < 4.78 is 0. The summed E-state index contributed by atoms with van der Waals surface area (Å²) in [5.74, 6) is -0.0135. The molecule has 0 unspecified atom stereocenters. The van der Waals surface area contributed by atoms with E-state index in [0.29, 0.717) is 5.06 Å². The maximum atomic E-state index is 10.6. The van der Waals surface area contributed by atoms with Crippen LogP contribution in [0.25, 0.3) is 0 Å². The Kier molecular flexibility index (Phi) is 4.28. The van der Waals surface area contributed by atoms with Gasteiger partial charge in [-0.15, -0.1) is 5.06 Å². The first kappa shape index (κ1) is 13.3. The summed E-state index contributed by atoms with van der Waals surface area (Å²) in [6, 6.07) is 10.8. The SMILES string of the molecule is O=CON1C(=O)CCC1=O.c1ccc(C2CC2)cc1. The number of amides is 2. The summed E-state index contributed by atoms with van der Waals surface area (Å²) >= 11 is 0. The molecule has 3 rings (SSSR count). The molecular weight excluding hydrogens is 246 g/mol. The molecule has 0 atom stereocenters. The molecule has 100 valence electrons. The van der Waals surface area contributed by atoms with Crippen molar-refractivity contribution in [2.75, 3.05) is 0 Å². The van der Waals surface area contributed by atoms with Crippen LogP contribution in [-0.4, -0.2) is 23.3 Å². The van der Waals surface area contributed by atoms with E-state index in [1.165, 1.54) is 18.4 Å². The van der Waals surface area contributed by atoms with Crippen LogP contribution in [0.2, 0.25) is 0 Å². The number of nitrogens with zero attached hydrogens (tertiary/aromatic N) is 1. The van der Waals surface area contributed by atoms with E-state index in [1.54, 1.807) is 0 Å². The average Bonchev–Trinajstić information content (AvgIpc) is 3.24. The highest BCUT2D eigenvalue weighted by Crippen LogP contribution is 2.39. The maximum Gasteiger partial charge on any atom is 0.321 e. The van der Waals surface area contributed by atoms with Crippen molar-refractivity contribution in [2.24, 2.45) is 0 Å². The number of carbonyl (C=O) groups is 3. The third kappa shape index (κ3) is 3.64. The lowest BCUT2D eigenvalue weighted by molar-refractivity contribution is -0.188. The molecule has 0 bridgehead atoms. The van der Waals surface area contributed by atoms with Crippen LogP contribution in [-0.2, 0) is 19.2 Å². The number of hydrogen-bond acceptors (Lipinski definition) is 4. The smallest absolute Gasteiger partial charge is 0.321 e. The van der Waals surface area contributed by atoms with Gasteiger partial charge >= 0.3 is 6.47 Å². The first-order valence-corrected chi connectivity index (χ1v) is 6.23. The van der Waals surface area contributed by atoms with E-state index in [9.17, 15) is 14.4 Å². The van der Waals surface area contributed by atoms with E-state index >= 15 is 0 Å². The third-order valence-electron chi connectivity index (χ3n) is 3.00. The van der Waals surface area contributed by atoms with Crippen molar-refractivity contribution in [3.8, 4) is 0 Å². The van der Waals surface area contributed by atoms with Gasteiger partial charge in [-0.2, -0.15) is 0 Å². The van der Waals surface area contributed by atoms with Gasteiger partial charge in [0, 0.05) is 12.8 Å². The van der Waals surface area contributed by atoms with Gasteiger partial charge in [0.25, 0.3) is 11.8 Å². The average molecular weight is 261 g/mol. The standard InChI is InChI=1S/C9H10.C5H5NO4/c1-2-4-8(5-3-1)9-6-7-9;7-3-10-6-4(8)1-2-5(6)9/h1-5,9H,6-7H2;3H,1-2H2. The van der Waals surface area contributed by atoms with Gasteiger partial charge in [-0.25, -0.2) is 0 Å². The van der Waals surface area contributed by atoms with Crippen LogP contribution in [0.15, 0.2) is 30.3 Å². The van der Waals surface area contributed by atoms with E-state index < -0.39 is 11.8 Å². The first-order chi connectivity index (χ1) is 9.22. The quantitative estimate of drug-likeness (QED) is 0.614. The molecule has 2 aliphatic rings. The van der Waals surface area contributed by atoms with Gasteiger partial charge in [-0.3, -0.25) is 14.4 Å². The van der Waals surface area contributed by atoms with Crippen molar-refractivity contribution in [2.45, 2.75) is 31.6 Å². The van der Waals surface area contributed by atoms with Crippen LogP contribution < -0.4 is 0 Å². The molecule has 1 saturated heterocycles. The Balaban J connectivity index is 0.000000141. The molecule has 1 aromatic rings. The van der Waals surface area contributed by atoms with Crippen LogP contribution in [0.1, 0.15) is 37.2 Å². The predicted molar refractivity (Wildman–Crippen MR) is 66.7 cm³/mol. The molecule has 0 spiro atoms. The number of carbonyl (C=O) groups excluding carboxylic acids is 3. The minimum absolute atomic E-state index is 0.0567. The van der Waals surface area contributed by atoms with Crippen molar-refractivity contribution >= 4 is 18.3 Å². The van der Waals surface area contributed by atoms with Gasteiger partial charge in [-0.05, 0) is 24.3 Å². The zero-order chi connectivity index (χ0) is 13.7. The Morgan fingerprint density at radius 2 is 1.63 bits per heavy atom. The van der Waals surface area contributed by atoms with Crippen molar-refractivity contribution in [3.05, 3.63) is 35.9 Å². The molecule has 0 radical (unpaired) electrons. The second-order valence-electron chi connectivity index (χ2n) is 4.47. The number of benzene rings is 1. The number of hydroxylamine groups is 2. The highest BCUT2D eigenvalue weighted by atomic mass is 16.7. The molecule has 5 nitrogen and oxygen atoms in total. The molecule has 0 aromatic heterocycles. The number of rotatable bonds is 3. The maximum absolute atomic E-state index is 10.6. The van der Waals surface area contributed by atoms with Crippen LogP contribution in [0.5, 0.6) is 0 Å².